The molecule has 0 aromatic heterocycles. The van der Waals surface area contributed by atoms with Gasteiger partial charge in [0.15, 0.2) is 0 Å². The van der Waals surface area contributed by atoms with Crippen molar-refractivity contribution in [3.8, 4) is 0 Å². The fraction of sp³-hybridized carbons (Fsp3) is 0.314. The van der Waals surface area contributed by atoms with Crippen molar-refractivity contribution in [3.05, 3.63) is 144 Å². The number of benzene rings is 4. The first-order valence-corrected chi connectivity index (χ1v) is 14.1. The zero-order valence-corrected chi connectivity index (χ0v) is 22.6. The molecule has 206 valence electrons. The van der Waals surface area contributed by atoms with Crippen LogP contribution in [-0.4, -0.2) is 37.1 Å². The van der Waals surface area contributed by atoms with Crippen LogP contribution in [0.1, 0.15) is 22.3 Å². The van der Waals surface area contributed by atoms with Gasteiger partial charge >= 0.3 is 0 Å². The van der Waals surface area contributed by atoms with Crippen LogP contribution in [0, 0.1) is 5.92 Å². The van der Waals surface area contributed by atoms with Gasteiger partial charge in [-0.25, -0.2) is 0 Å². The number of rotatable bonds is 13. The van der Waals surface area contributed by atoms with Crippen molar-refractivity contribution in [2.45, 2.75) is 56.9 Å². The van der Waals surface area contributed by atoms with Gasteiger partial charge in [0.2, 0.25) is 0 Å². The highest BCUT2D eigenvalue weighted by atomic mass is 16.6. The second-order valence-corrected chi connectivity index (χ2v) is 10.5. The number of hydrogen-bond donors (Lipinski definition) is 0. The standard InChI is InChI=1S/C35H36O5/c1-5-13-26(14-6-1)21-36-25-30-31(37-22-27-15-7-2-8-16-27)33(38-23-28-17-9-3-10-18-28)34(35-32(30)40-35)39-24-29-19-11-4-12-20-29/h1-20,30-35H,21-25H2. The molecule has 1 saturated heterocycles. The van der Waals surface area contributed by atoms with E-state index in [0.29, 0.717) is 33.0 Å². The van der Waals surface area contributed by atoms with Gasteiger partial charge in [0.25, 0.3) is 0 Å². The van der Waals surface area contributed by atoms with E-state index in [1.165, 1.54) is 0 Å². The summed E-state index contributed by atoms with van der Waals surface area (Å²) in [5.41, 5.74) is 4.50. The summed E-state index contributed by atoms with van der Waals surface area (Å²) in [5, 5.41) is 0. The van der Waals surface area contributed by atoms with E-state index < -0.39 is 0 Å². The Labute approximate surface area is 236 Å². The molecule has 1 aliphatic heterocycles. The molecule has 1 aliphatic carbocycles. The highest BCUT2D eigenvalue weighted by Crippen LogP contribution is 2.45. The molecule has 6 unspecified atom stereocenters. The van der Waals surface area contributed by atoms with Gasteiger partial charge in [-0.1, -0.05) is 121 Å². The summed E-state index contributed by atoms with van der Waals surface area (Å²) in [6.45, 7) is 2.51. The average Bonchev–Trinajstić information content (AvgIpc) is 3.82. The highest BCUT2D eigenvalue weighted by molar-refractivity contribution is 5.18. The highest BCUT2D eigenvalue weighted by Gasteiger charge is 2.62. The first-order chi connectivity index (χ1) is 19.8. The molecule has 6 rings (SSSR count). The zero-order chi connectivity index (χ0) is 27.0. The van der Waals surface area contributed by atoms with E-state index in [4.69, 9.17) is 23.7 Å². The van der Waals surface area contributed by atoms with Crippen LogP contribution in [0.3, 0.4) is 0 Å². The lowest BCUT2D eigenvalue weighted by Crippen LogP contribution is -2.55. The van der Waals surface area contributed by atoms with E-state index >= 15 is 0 Å². The smallest absolute Gasteiger partial charge is 0.115 e. The van der Waals surface area contributed by atoms with Crippen molar-refractivity contribution in [1.82, 2.24) is 0 Å². The first-order valence-electron chi connectivity index (χ1n) is 14.1. The van der Waals surface area contributed by atoms with Gasteiger partial charge in [-0.05, 0) is 22.3 Å². The van der Waals surface area contributed by atoms with Crippen LogP contribution >= 0.6 is 0 Å². The van der Waals surface area contributed by atoms with Crippen molar-refractivity contribution in [2.75, 3.05) is 6.61 Å². The molecule has 2 fully saturated rings. The molecule has 1 saturated carbocycles. The minimum Gasteiger partial charge on any atom is -0.376 e. The zero-order valence-electron chi connectivity index (χ0n) is 22.6. The summed E-state index contributed by atoms with van der Waals surface area (Å²) >= 11 is 0. The lowest BCUT2D eigenvalue weighted by Gasteiger charge is -2.40. The molecule has 4 aromatic carbocycles. The third-order valence-electron chi connectivity index (χ3n) is 7.65. The van der Waals surface area contributed by atoms with Gasteiger partial charge in [-0.15, -0.1) is 0 Å². The Kier molecular flexibility index (Phi) is 8.98. The Morgan fingerprint density at radius 3 is 1.30 bits per heavy atom. The van der Waals surface area contributed by atoms with Gasteiger partial charge in [0, 0.05) is 5.92 Å². The lowest BCUT2D eigenvalue weighted by molar-refractivity contribution is -0.185. The Morgan fingerprint density at radius 2 is 0.825 bits per heavy atom. The second kappa shape index (κ2) is 13.4. The lowest BCUT2D eigenvalue weighted by atomic mass is 9.82. The minimum atomic E-state index is -0.318. The first kappa shape index (κ1) is 26.9. The number of epoxide rings is 1. The largest absolute Gasteiger partial charge is 0.376 e. The van der Waals surface area contributed by atoms with Crippen molar-refractivity contribution in [2.24, 2.45) is 5.92 Å². The SMILES string of the molecule is c1ccc(COCC2C(OCc3ccccc3)C(OCc3ccccc3)C(OCc3ccccc3)C3OC23)cc1. The maximum Gasteiger partial charge on any atom is 0.115 e. The fourth-order valence-corrected chi connectivity index (χ4v) is 5.52. The van der Waals surface area contributed by atoms with Crippen LogP contribution in [0.4, 0.5) is 0 Å². The second-order valence-electron chi connectivity index (χ2n) is 10.5. The quantitative estimate of drug-likeness (QED) is 0.186. The molecule has 0 N–H and O–H groups in total. The summed E-state index contributed by atoms with van der Waals surface area (Å²) in [6.07, 6.45) is -0.869. The topological polar surface area (TPSA) is 49.5 Å². The molecular weight excluding hydrogens is 500 g/mol. The van der Waals surface area contributed by atoms with E-state index in [1.807, 2.05) is 72.8 Å². The molecule has 0 radical (unpaired) electrons. The van der Waals surface area contributed by atoms with Gasteiger partial charge in [-0.2, -0.15) is 0 Å². The third kappa shape index (κ3) is 6.87. The van der Waals surface area contributed by atoms with E-state index in [9.17, 15) is 0 Å². The Balaban J connectivity index is 1.23. The van der Waals surface area contributed by atoms with E-state index in [0.717, 1.165) is 22.3 Å². The van der Waals surface area contributed by atoms with Gasteiger partial charge in [-0.3, -0.25) is 0 Å². The molecular formula is C35H36O5. The Hall–Kier alpha value is -3.32. The monoisotopic (exact) mass is 536 g/mol. The summed E-state index contributed by atoms with van der Waals surface area (Å²) < 4.78 is 32.5. The fourth-order valence-electron chi connectivity index (χ4n) is 5.52. The molecule has 0 bridgehead atoms. The van der Waals surface area contributed by atoms with Crippen LogP contribution < -0.4 is 0 Å². The van der Waals surface area contributed by atoms with Gasteiger partial charge in [0.05, 0.1) is 45.2 Å². The number of hydrogen-bond acceptors (Lipinski definition) is 5. The predicted molar refractivity (Wildman–Crippen MR) is 153 cm³/mol. The van der Waals surface area contributed by atoms with Crippen LogP contribution in [0.25, 0.3) is 0 Å². The molecule has 4 aromatic rings. The number of ether oxygens (including phenoxy) is 5. The normalized spacial score (nSPS) is 25.3. The van der Waals surface area contributed by atoms with Crippen LogP contribution in [0.2, 0.25) is 0 Å². The van der Waals surface area contributed by atoms with Gasteiger partial charge < -0.3 is 23.7 Å². The van der Waals surface area contributed by atoms with Crippen LogP contribution in [0.15, 0.2) is 121 Å². The summed E-state index contributed by atoms with van der Waals surface area (Å²) in [6, 6.07) is 41.0. The molecule has 0 amide bonds. The summed E-state index contributed by atoms with van der Waals surface area (Å²) in [5.74, 6) is 0.0229. The van der Waals surface area contributed by atoms with Crippen molar-refractivity contribution in [3.63, 3.8) is 0 Å². The maximum absolute atomic E-state index is 6.70. The summed E-state index contributed by atoms with van der Waals surface area (Å²) in [4.78, 5) is 0. The Bertz CT molecular complexity index is 1280. The summed E-state index contributed by atoms with van der Waals surface area (Å²) in [7, 11) is 0. The van der Waals surface area contributed by atoms with Crippen LogP contribution in [0.5, 0.6) is 0 Å². The minimum absolute atomic E-state index is 0.00824. The molecule has 6 atom stereocenters. The van der Waals surface area contributed by atoms with Crippen molar-refractivity contribution in [1.29, 1.82) is 0 Å². The van der Waals surface area contributed by atoms with E-state index in [-0.39, 0.29) is 36.4 Å². The molecule has 5 nitrogen and oxygen atoms in total. The van der Waals surface area contributed by atoms with Crippen molar-refractivity contribution >= 4 is 0 Å². The predicted octanol–water partition coefficient (Wildman–Crippen LogP) is 6.36. The Morgan fingerprint density at radius 1 is 0.425 bits per heavy atom. The van der Waals surface area contributed by atoms with E-state index in [2.05, 4.69) is 48.5 Å². The molecule has 1 heterocycles. The number of fused-ring (bicyclic) bond motifs is 1. The molecule has 0 spiro atoms. The molecule has 40 heavy (non-hydrogen) atoms. The van der Waals surface area contributed by atoms with Crippen molar-refractivity contribution < 1.29 is 23.7 Å². The average molecular weight is 537 g/mol. The van der Waals surface area contributed by atoms with Gasteiger partial charge in [0.1, 0.15) is 18.3 Å². The molecule has 2 aliphatic rings. The molecule has 5 heteroatoms. The third-order valence-corrected chi connectivity index (χ3v) is 7.65. The van der Waals surface area contributed by atoms with E-state index in [1.54, 1.807) is 0 Å². The maximum atomic E-state index is 6.70. The van der Waals surface area contributed by atoms with Crippen LogP contribution in [-0.2, 0) is 50.1 Å².